The van der Waals surface area contributed by atoms with Gasteiger partial charge in [-0.25, -0.2) is 0 Å². The zero-order valence-corrected chi connectivity index (χ0v) is 26.6. The molecule has 45 heavy (non-hydrogen) atoms. The topological polar surface area (TPSA) is 3.24 Å². The molecule has 0 aliphatic heterocycles. The molecule has 0 aliphatic rings. The van der Waals surface area contributed by atoms with Gasteiger partial charge in [0, 0.05) is 37.2 Å². The Labute approximate surface area is 269 Å². The number of thiophene rings is 1. The molecule has 7 aromatic carbocycles. The minimum atomic E-state index is -2.59. The van der Waals surface area contributed by atoms with E-state index >= 15 is 0 Å². The van der Waals surface area contributed by atoms with Crippen LogP contribution >= 0.6 is 11.3 Å². The summed E-state index contributed by atoms with van der Waals surface area (Å²) >= 11 is 1.86. The third-order valence-corrected chi connectivity index (χ3v) is 14.7. The van der Waals surface area contributed by atoms with Gasteiger partial charge in [-0.15, -0.1) is 11.3 Å². The molecule has 214 valence electrons. The maximum absolute atomic E-state index is 2.59. The van der Waals surface area contributed by atoms with Crippen molar-refractivity contribution in [3.63, 3.8) is 0 Å². The molecule has 8 aromatic rings. The largest absolute Gasteiger partial charge is 0.310 e. The summed E-state index contributed by atoms with van der Waals surface area (Å²) < 4.78 is 2.62. The van der Waals surface area contributed by atoms with E-state index in [2.05, 4.69) is 193 Å². The van der Waals surface area contributed by atoms with Crippen LogP contribution in [0.4, 0.5) is 17.1 Å². The van der Waals surface area contributed by atoms with E-state index < -0.39 is 8.07 Å². The Kier molecular flexibility index (Phi) is 7.11. The molecule has 1 nitrogen and oxygen atoms in total. The average molecular weight is 610 g/mol. The van der Waals surface area contributed by atoms with Crippen molar-refractivity contribution in [1.82, 2.24) is 0 Å². The summed E-state index contributed by atoms with van der Waals surface area (Å²) in [7, 11) is -2.59. The van der Waals surface area contributed by atoms with Crippen LogP contribution in [0.25, 0.3) is 20.2 Å². The maximum atomic E-state index is 2.38. The van der Waals surface area contributed by atoms with Crippen LogP contribution in [0.15, 0.2) is 188 Å². The minimum absolute atomic E-state index is 1.14. The summed E-state index contributed by atoms with van der Waals surface area (Å²) in [5.74, 6) is 0. The van der Waals surface area contributed by atoms with Crippen LogP contribution in [0.1, 0.15) is 0 Å². The number of fused-ring (bicyclic) bond motifs is 3. The van der Waals surface area contributed by atoms with Gasteiger partial charge < -0.3 is 4.90 Å². The van der Waals surface area contributed by atoms with Crippen molar-refractivity contribution in [3.8, 4) is 0 Å². The van der Waals surface area contributed by atoms with Crippen LogP contribution in [0.2, 0.25) is 0 Å². The molecule has 8 rings (SSSR count). The number of nitrogens with zero attached hydrogens (tertiary/aromatic N) is 1. The van der Waals surface area contributed by atoms with Crippen LogP contribution in [0.5, 0.6) is 0 Å². The Morgan fingerprint density at radius 2 is 0.756 bits per heavy atom. The van der Waals surface area contributed by atoms with E-state index in [0.29, 0.717) is 0 Å². The van der Waals surface area contributed by atoms with Crippen LogP contribution in [0, 0.1) is 0 Å². The Bertz CT molecular complexity index is 2100. The van der Waals surface area contributed by atoms with Gasteiger partial charge in [0.25, 0.3) is 0 Å². The number of hydrogen-bond acceptors (Lipinski definition) is 2. The fourth-order valence-electron chi connectivity index (χ4n) is 6.80. The van der Waals surface area contributed by atoms with Gasteiger partial charge in [0.05, 0.1) is 0 Å². The van der Waals surface area contributed by atoms with Gasteiger partial charge in [0.15, 0.2) is 8.07 Å². The van der Waals surface area contributed by atoms with E-state index in [1.165, 1.54) is 40.9 Å². The lowest BCUT2D eigenvalue weighted by atomic mass is 10.1. The average Bonchev–Trinajstić information content (AvgIpc) is 3.49. The van der Waals surface area contributed by atoms with Crippen molar-refractivity contribution < 1.29 is 0 Å². The molecule has 0 N–H and O–H groups in total. The molecule has 3 heteroatoms. The van der Waals surface area contributed by atoms with Gasteiger partial charge in [-0.2, -0.15) is 0 Å². The third kappa shape index (κ3) is 4.78. The van der Waals surface area contributed by atoms with Gasteiger partial charge in [-0.3, -0.25) is 0 Å². The monoisotopic (exact) mass is 609 g/mol. The van der Waals surface area contributed by atoms with E-state index in [0.717, 1.165) is 17.1 Å². The third-order valence-electron chi connectivity index (χ3n) is 8.81. The molecule has 0 amide bonds. The van der Waals surface area contributed by atoms with Gasteiger partial charge >= 0.3 is 0 Å². The first-order chi connectivity index (χ1) is 22.3. The summed E-state index contributed by atoms with van der Waals surface area (Å²) in [6.07, 6.45) is 0. The van der Waals surface area contributed by atoms with Crippen LogP contribution in [0.3, 0.4) is 0 Å². The second kappa shape index (κ2) is 11.7. The van der Waals surface area contributed by atoms with Gasteiger partial charge in [0.2, 0.25) is 0 Å². The number of benzene rings is 7. The summed E-state index contributed by atoms with van der Waals surface area (Å²) in [5.41, 5.74) is 3.44. The molecule has 0 radical (unpaired) electrons. The summed E-state index contributed by atoms with van der Waals surface area (Å²) in [5, 5.41) is 8.14. The number of anilines is 3. The highest BCUT2D eigenvalue weighted by Gasteiger charge is 2.41. The van der Waals surface area contributed by atoms with Crippen molar-refractivity contribution in [1.29, 1.82) is 0 Å². The molecule has 0 fully saturated rings. The Balaban J connectivity index is 1.31. The van der Waals surface area contributed by atoms with E-state index in [4.69, 9.17) is 0 Å². The molecule has 0 saturated heterocycles. The van der Waals surface area contributed by atoms with Crippen LogP contribution in [-0.4, -0.2) is 8.07 Å². The molecule has 0 bridgehead atoms. The molecule has 0 unspecified atom stereocenters. The first-order valence-electron chi connectivity index (χ1n) is 15.4. The number of hydrogen-bond donors (Lipinski definition) is 0. The zero-order valence-electron chi connectivity index (χ0n) is 24.8. The van der Waals surface area contributed by atoms with Crippen molar-refractivity contribution in [2.75, 3.05) is 4.90 Å². The molecule has 1 heterocycles. The molecule has 0 saturated carbocycles. The Morgan fingerprint density at radius 1 is 0.333 bits per heavy atom. The lowest BCUT2D eigenvalue weighted by molar-refractivity contribution is 1.29. The summed E-state index contributed by atoms with van der Waals surface area (Å²) in [6.45, 7) is 0. The summed E-state index contributed by atoms with van der Waals surface area (Å²) in [4.78, 5) is 2.38. The predicted molar refractivity (Wildman–Crippen MR) is 198 cm³/mol. The maximum Gasteiger partial charge on any atom is 0.179 e. The lowest BCUT2D eigenvalue weighted by Gasteiger charge is -2.35. The Morgan fingerprint density at radius 3 is 1.33 bits per heavy atom. The van der Waals surface area contributed by atoms with E-state index in [1.54, 1.807) is 0 Å². The van der Waals surface area contributed by atoms with Crippen molar-refractivity contribution in [2.45, 2.75) is 0 Å². The quantitative estimate of drug-likeness (QED) is 0.129. The second-order valence-electron chi connectivity index (χ2n) is 11.3. The highest BCUT2D eigenvalue weighted by atomic mass is 32.1. The van der Waals surface area contributed by atoms with E-state index in [9.17, 15) is 0 Å². The Hall–Kier alpha value is -5.22. The molecular formula is C42H31NSSi. The van der Waals surface area contributed by atoms with Crippen LogP contribution in [-0.2, 0) is 0 Å². The standard InChI is InChI=1S/C42H31NSSi/c1-5-15-32(16-6-1)43(34-27-30-40-39-23-13-14-24-41(39)44-42(40)31-34)33-25-28-38(29-26-33)45(35-17-7-2-8-18-35,36-19-9-3-10-20-36)37-21-11-4-12-22-37/h1-31H. The highest BCUT2D eigenvalue weighted by Crippen LogP contribution is 2.40. The zero-order chi connectivity index (χ0) is 30.1. The van der Waals surface area contributed by atoms with Crippen molar-refractivity contribution in [2.24, 2.45) is 0 Å². The highest BCUT2D eigenvalue weighted by molar-refractivity contribution is 7.25. The lowest BCUT2D eigenvalue weighted by Crippen LogP contribution is -2.74. The smallest absolute Gasteiger partial charge is 0.179 e. The number of para-hydroxylation sites is 1. The first kappa shape index (κ1) is 27.3. The predicted octanol–water partition coefficient (Wildman–Crippen LogP) is 8.90. The van der Waals surface area contributed by atoms with Gasteiger partial charge in [-0.1, -0.05) is 146 Å². The molecule has 0 spiro atoms. The molecular weight excluding hydrogens is 579 g/mol. The number of rotatable bonds is 7. The van der Waals surface area contributed by atoms with Gasteiger partial charge in [0.1, 0.15) is 0 Å². The van der Waals surface area contributed by atoms with E-state index in [-0.39, 0.29) is 0 Å². The molecule has 0 aliphatic carbocycles. The second-order valence-corrected chi connectivity index (χ2v) is 16.2. The minimum Gasteiger partial charge on any atom is -0.310 e. The molecule has 0 atom stereocenters. The SMILES string of the molecule is c1ccc(N(c2ccc([Si](c3ccccc3)(c3ccccc3)c3ccccc3)cc2)c2ccc3c(c2)sc2ccccc23)cc1. The van der Waals surface area contributed by atoms with Crippen LogP contribution < -0.4 is 25.6 Å². The fraction of sp³-hybridized carbons (Fsp3) is 0. The fourth-order valence-corrected chi connectivity index (χ4v) is 12.7. The molecule has 1 aromatic heterocycles. The van der Waals surface area contributed by atoms with Crippen molar-refractivity contribution in [3.05, 3.63) is 188 Å². The van der Waals surface area contributed by atoms with Crippen molar-refractivity contribution >= 4 is 77.4 Å². The van der Waals surface area contributed by atoms with Gasteiger partial charge in [-0.05, 0) is 63.2 Å². The first-order valence-corrected chi connectivity index (χ1v) is 18.2. The normalized spacial score (nSPS) is 11.6. The summed E-state index contributed by atoms with van der Waals surface area (Å²) in [6, 6.07) is 69.0. The van der Waals surface area contributed by atoms with E-state index in [1.807, 2.05) is 11.3 Å².